The van der Waals surface area contributed by atoms with Crippen LogP contribution < -0.4 is 24.8 Å². The summed E-state index contributed by atoms with van der Waals surface area (Å²) in [5, 5.41) is 6.22. The number of halogens is 4. The van der Waals surface area contributed by atoms with Crippen LogP contribution in [0.3, 0.4) is 0 Å². The number of nitrogens with zero attached hydrogens (tertiary/aromatic N) is 2. The van der Waals surface area contributed by atoms with Gasteiger partial charge in [0.1, 0.15) is 0 Å². The first-order chi connectivity index (χ1) is 13.9. The van der Waals surface area contributed by atoms with Gasteiger partial charge >= 0.3 is 6.18 Å². The smallest absolute Gasteiger partial charge is 0.422 e. The molecule has 0 saturated heterocycles. The van der Waals surface area contributed by atoms with E-state index in [4.69, 9.17) is 9.47 Å². The number of ether oxygens (including phenoxy) is 3. The largest absolute Gasteiger partial charge is 0.490 e. The van der Waals surface area contributed by atoms with Crippen molar-refractivity contribution in [2.24, 2.45) is 4.99 Å². The lowest BCUT2D eigenvalue weighted by Gasteiger charge is -2.14. The molecule has 1 aliphatic rings. The molecule has 1 aromatic heterocycles. The van der Waals surface area contributed by atoms with Crippen molar-refractivity contribution in [3.05, 3.63) is 42.1 Å². The Hall–Kier alpha value is -2.44. The summed E-state index contributed by atoms with van der Waals surface area (Å²) in [5.41, 5.74) is 1.45. The van der Waals surface area contributed by atoms with Gasteiger partial charge in [-0.1, -0.05) is 0 Å². The fraction of sp³-hybridized carbons (Fsp3) is 0.368. The number of anilines is 1. The van der Waals surface area contributed by atoms with Crippen LogP contribution >= 0.6 is 24.0 Å². The van der Waals surface area contributed by atoms with Crippen LogP contribution in [0.15, 0.2) is 41.5 Å². The Kier molecular flexibility index (Phi) is 8.81. The lowest BCUT2D eigenvalue weighted by atomic mass is 10.2. The number of fused-ring (bicyclic) bond motifs is 1. The number of aliphatic imine (C=N–C) groups is 1. The highest BCUT2D eigenvalue weighted by molar-refractivity contribution is 14.0. The molecular formula is C19H22F3IN4O3. The zero-order chi connectivity index (χ0) is 20.7. The molecule has 3 rings (SSSR count). The van der Waals surface area contributed by atoms with Crippen LogP contribution in [0.25, 0.3) is 0 Å². The predicted molar refractivity (Wildman–Crippen MR) is 117 cm³/mol. The number of nitrogens with one attached hydrogen (secondary N) is 2. The molecule has 0 bridgehead atoms. The van der Waals surface area contributed by atoms with Crippen LogP contribution in [0.5, 0.6) is 17.4 Å². The summed E-state index contributed by atoms with van der Waals surface area (Å²) < 4.78 is 52.8. The maximum atomic E-state index is 12.3. The van der Waals surface area contributed by atoms with Gasteiger partial charge in [0.2, 0.25) is 5.88 Å². The average Bonchev–Trinajstić information content (AvgIpc) is 2.94. The summed E-state index contributed by atoms with van der Waals surface area (Å²) in [6.45, 7) is 0.132. The van der Waals surface area contributed by atoms with Crippen molar-refractivity contribution >= 4 is 35.6 Å². The van der Waals surface area contributed by atoms with E-state index in [0.717, 1.165) is 12.1 Å². The predicted octanol–water partition coefficient (Wildman–Crippen LogP) is 3.99. The molecule has 11 heteroatoms. The SMILES string of the molecule is CN=C(NCc1ccnc(OCC(F)(F)F)c1)Nc1ccc2c(c1)OCCCO2.I. The van der Waals surface area contributed by atoms with Crippen molar-refractivity contribution in [2.75, 3.05) is 32.2 Å². The molecule has 7 nitrogen and oxygen atoms in total. The molecule has 0 amide bonds. The Morgan fingerprint density at radius 2 is 1.93 bits per heavy atom. The summed E-state index contributed by atoms with van der Waals surface area (Å²) >= 11 is 0. The number of hydrogen-bond donors (Lipinski definition) is 2. The maximum Gasteiger partial charge on any atom is 0.422 e. The summed E-state index contributed by atoms with van der Waals surface area (Å²) in [4.78, 5) is 7.93. The molecule has 2 N–H and O–H groups in total. The molecule has 2 heterocycles. The van der Waals surface area contributed by atoms with Gasteiger partial charge in [-0.05, 0) is 23.8 Å². The van der Waals surface area contributed by atoms with E-state index in [0.29, 0.717) is 42.8 Å². The third-order valence-electron chi connectivity index (χ3n) is 3.88. The van der Waals surface area contributed by atoms with Crippen LogP contribution in [0.1, 0.15) is 12.0 Å². The number of alkyl halides is 3. The molecule has 0 atom stereocenters. The third kappa shape index (κ3) is 7.43. The quantitative estimate of drug-likeness (QED) is 0.341. The van der Waals surface area contributed by atoms with E-state index in [9.17, 15) is 13.2 Å². The van der Waals surface area contributed by atoms with Gasteiger partial charge in [0.05, 0.1) is 13.2 Å². The van der Waals surface area contributed by atoms with Crippen molar-refractivity contribution in [1.82, 2.24) is 10.3 Å². The zero-order valence-corrected chi connectivity index (χ0v) is 18.5. The number of hydrogen-bond acceptors (Lipinski definition) is 5. The zero-order valence-electron chi connectivity index (χ0n) is 16.2. The Morgan fingerprint density at radius 1 is 1.17 bits per heavy atom. The Balaban J connectivity index is 0.00000320. The van der Waals surface area contributed by atoms with Crippen molar-refractivity contribution in [1.29, 1.82) is 0 Å². The van der Waals surface area contributed by atoms with Gasteiger partial charge in [0.25, 0.3) is 0 Å². The van der Waals surface area contributed by atoms with E-state index >= 15 is 0 Å². The maximum absolute atomic E-state index is 12.3. The first-order valence-electron chi connectivity index (χ1n) is 8.95. The minimum absolute atomic E-state index is 0. The monoisotopic (exact) mass is 538 g/mol. The van der Waals surface area contributed by atoms with Crippen molar-refractivity contribution in [3.63, 3.8) is 0 Å². The van der Waals surface area contributed by atoms with Gasteiger partial charge in [-0.25, -0.2) is 4.98 Å². The lowest BCUT2D eigenvalue weighted by Crippen LogP contribution is -2.30. The molecule has 164 valence electrons. The van der Waals surface area contributed by atoms with E-state index in [2.05, 4.69) is 25.3 Å². The Morgan fingerprint density at radius 3 is 2.67 bits per heavy atom. The minimum atomic E-state index is -4.41. The van der Waals surface area contributed by atoms with Crippen LogP contribution in [0.2, 0.25) is 0 Å². The van der Waals surface area contributed by atoms with E-state index in [-0.39, 0.29) is 29.9 Å². The van der Waals surface area contributed by atoms with E-state index in [1.165, 1.54) is 12.3 Å². The first-order valence-corrected chi connectivity index (χ1v) is 8.95. The summed E-state index contributed by atoms with van der Waals surface area (Å²) in [6, 6.07) is 8.61. The van der Waals surface area contributed by atoms with E-state index in [1.54, 1.807) is 13.1 Å². The van der Waals surface area contributed by atoms with Gasteiger partial charge in [0.15, 0.2) is 24.1 Å². The van der Waals surface area contributed by atoms with Crippen LogP contribution in [-0.2, 0) is 6.54 Å². The summed E-state index contributed by atoms with van der Waals surface area (Å²) in [7, 11) is 1.61. The highest BCUT2D eigenvalue weighted by atomic mass is 127. The molecule has 0 saturated carbocycles. The molecule has 1 aliphatic heterocycles. The minimum Gasteiger partial charge on any atom is -0.490 e. The fourth-order valence-electron chi connectivity index (χ4n) is 2.54. The third-order valence-corrected chi connectivity index (χ3v) is 3.88. The molecule has 1 aromatic carbocycles. The highest BCUT2D eigenvalue weighted by Gasteiger charge is 2.28. The average molecular weight is 538 g/mol. The molecule has 0 unspecified atom stereocenters. The molecular weight excluding hydrogens is 516 g/mol. The van der Waals surface area contributed by atoms with Gasteiger partial charge in [-0.2, -0.15) is 13.2 Å². The number of aromatic nitrogens is 1. The second-order valence-electron chi connectivity index (χ2n) is 6.17. The number of guanidine groups is 1. The van der Waals surface area contributed by atoms with E-state index in [1.807, 2.05) is 18.2 Å². The second kappa shape index (κ2) is 11.1. The standard InChI is InChI=1S/C19H21F3N4O3.HI/c1-23-18(26-14-3-4-15-16(10-14)28-8-2-7-27-15)25-11-13-5-6-24-17(9-13)29-12-19(20,21)22;/h3-6,9-10H,2,7-8,11-12H2,1H3,(H2,23,25,26);1H. The van der Waals surface area contributed by atoms with Crippen LogP contribution in [-0.4, -0.2) is 44.0 Å². The van der Waals surface area contributed by atoms with Gasteiger partial charge in [0, 0.05) is 44.0 Å². The number of pyridine rings is 1. The Labute approximate surface area is 189 Å². The van der Waals surface area contributed by atoms with Crippen molar-refractivity contribution in [2.45, 2.75) is 19.1 Å². The van der Waals surface area contributed by atoms with Gasteiger partial charge in [-0.15, -0.1) is 24.0 Å². The molecule has 30 heavy (non-hydrogen) atoms. The first kappa shape index (κ1) is 23.8. The topological polar surface area (TPSA) is 77.0 Å². The van der Waals surface area contributed by atoms with Crippen LogP contribution in [0, 0.1) is 0 Å². The summed E-state index contributed by atoms with van der Waals surface area (Å²) in [5.74, 6) is 1.74. The second-order valence-corrected chi connectivity index (χ2v) is 6.17. The molecule has 0 radical (unpaired) electrons. The van der Waals surface area contributed by atoms with Crippen molar-refractivity contribution in [3.8, 4) is 17.4 Å². The molecule has 2 aromatic rings. The van der Waals surface area contributed by atoms with Gasteiger partial charge < -0.3 is 24.8 Å². The number of rotatable bonds is 5. The lowest BCUT2D eigenvalue weighted by molar-refractivity contribution is -0.154. The molecule has 0 fully saturated rings. The van der Waals surface area contributed by atoms with Gasteiger partial charge in [-0.3, -0.25) is 4.99 Å². The number of benzene rings is 1. The molecule has 0 spiro atoms. The van der Waals surface area contributed by atoms with E-state index < -0.39 is 12.8 Å². The van der Waals surface area contributed by atoms with Crippen LogP contribution in [0.4, 0.5) is 18.9 Å². The highest BCUT2D eigenvalue weighted by Crippen LogP contribution is 2.32. The normalized spacial score (nSPS) is 13.7. The summed E-state index contributed by atoms with van der Waals surface area (Å²) in [6.07, 6.45) is -2.20. The Bertz CT molecular complexity index is 865. The fourth-order valence-corrected chi connectivity index (χ4v) is 2.54. The van der Waals surface area contributed by atoms with Crippen molar-refractivity contribution < 1.29 is 27.4 Å². The molecule has 0 aliphatic carbocycles.